The highest BCUT2D eigenvalue weighted by molar-refractivity contribution is 5.98. The van der Waals surface area contributed by atoms with Crippen molar-refractivity contribution in [2.45, 2.75) is 95.0 Å². The molecule has 220 valence electrons. The summed E-state index contributed by atoms with van der Waals surface area (Å²) in [5.74, 6) is -0.612. The Hall–Kier alpha value is -3.35. The standard InChI is InChI=1S/C31H38FN3O6/c1-30(29(38)39)7-5-20(6-8-30)41-23-11-21(24(40-2)10-18(23)15-33)27(36)35-26-17-4-3-16(9-17)25(26)28(37)34-22-14-31(32)12-19(22)13-31/h10-11,16-17,19-20,22,25-26H,3-9,12-14H2,1-2H3,(H,34,37)(H,35,36)(H,38,39)/t16-,17+,19?,20?,22?,25+,26-,30?,31?/m1/s1. The van der Waals surface area contributed by atoms with Gasteiger partial charge in [0.1, 0.15) is 23.2 Å². The molecule has 1 aromatic carbocycles. The maximum absolute atomic E-state index is 14.4. The van der Waals surface area contributed by atoms with Crippen molar-refractivity contribution in [3.63, 3.8) is 0 Å². The fraction of sp³-hybridized carbons (Fsp3) is 0.677. The SMILES string of the molecule is COc1cc(C#N)c(OC2CCC(C)(C(=O)O)CC2)cc1C(=O)N[C@@H]1[C@H]2CC[C@H](C2)[C@@H]1C(=O)NC1CC2(F)CC1C2. The van der Waals surface area contributed by atoms with Crippen molar-refractivity contribution in [2.75, 3.05) is 7.11 Å². The van der Waals surface area contributed by atoms with E-state index in [1.54, 1.807) is 6.92 Å². The Bertz CT molecular complexity index is 1300. The number of amides is 2. The molecule has 6 aliphatic rings. The van der Waals surface area contributed by atoms with Crippen LogP contribution < -0.4 is 20.1 Å². The average molecular weight is 568 g/mol. The van der Waals surface area contributed by atoms with E-state index in [0.29, 0.717) is 44.9 Å². The summed E-state index contributed by atoms with van der Waals surface area (Å²) < 4.78 is 26.1. The van der Waals surface area contributed by atoms with Crippen LogP contribution in [0.2, 0.25) is 0 Å². The molecule has 0 aromatic heterocycles. The molecule has 4 bridgehead atoms. The number of rotatable bonds is 8. The predicted octanol–water partition coefficient (Wildman–Crippen LogP) is 4.13. The van der Waals surface area contributed by atoms with Gasteiger partial charge in [-0.2, -0.15) is 5.26 Å². The summed E-state index contributed by atoms with van der Waals surface area (Å²) in [6.45, 7) is 1.74. The van der Waals surface area contributed by atoms with Crippen LogP contribution in [0.1, 0.15) is 87.1 Å². The number of halogens is 1. The zero-order valence-electron chi connectivity index (χ0n) is 23.6. The minimum absolute atomic E-state index is 0.0925. The maximum atomic E-state index is 14.4. The van der Waals surface area contributed by atoms with Gasteiger partial charge in [-0.1, -0.05) is 0 Å². The molecule has 0 radical (unpaired) electrons. The number of methoxy groups -OCH3 is 1. The van der Waals surface area contributed by atoms with Gasteiger partial charge in [0.25, 0.3) is 5.91 Å². The molecule has 5 atom stereocenters. The van der Waals surface area contributed by atoms with Gasteiger partial charge in [0.2, 0.25) is 5.91 Å². The number of carbonyl (C=O) groups is 3. The summed E-state index contributed by atoms with van der Waals surface area (Å²) in [4.78, 5) is 38.8. The highest BCUT2D eigenvalue weighted by atomic mass is 19.1. The summed E-state index contributed by atoms with van der Waals surface area (Å²) in [6.07, 6.45) is 5.87. The van der Waals surface area contributed by atoms with E-state index >= 15 is 0 Å². The van der Waals surface area contributed by atoms with Gasteiger partial charge in [0.05, 0.1) is 35.7 Å². The lowest BCUT2D eigenvalue weighted by Crippen LogP contribution is -2.51. The van der Waals surface area contributed by atoms with Gasteiger partial charge in [-0.15, -0.1) is 0 Å². The Balaban J connectivity index is 1.18. The Morgan fingerprint density at radius 2 is 1.73 bits per heavy atom. The van der Waals surface area contributed by atoms with Crippen LogP contribution in [0.5, 0.6) is 11.5 Å². The van der Waals surface area contributed by atoms with Crippen molar-refractivity contribution >= 4 is 17.8 Å². The van der Waals surface area contributed by atoms with E-state index in [0.717, 1.165) is 19.3 Å². The zero-order chi connectivity index (χ0) is 29.1. The monoisotopic (exact) mass is 567 g/mol. The summed E-state index contributed by atoms with van der Waals surface area (Å²) in [5.41, 5.74) is -1.48. The van der Waals surface area contributed by atoms with Crippen molar-refractivity contribution < 1.29 is 33.4 Å². The first-order valence-electron chi connectivity index (χ1n) is 14.8. The fourth-order valence-electron chi connectivity index (χ4n) is 8.28. The molecule has 10 heteroatoms. The highest BCUT2D eigenvalue weighted by Gasteiger charge is 2.58. The minimum atomic E-state index is -1.12. The topological polar surface area (TPSA) is 138 Å². The second-order valence-corrected chi connectivity index (χ2v) is 13.3. The molecule has 2 amide bonds. The van der Waals surface area contributed by atoms with Crippen LogP contribution in [-0.4, -0.2) is 53.9 Å². The number of carbonyl (C=O) groups excluding carboxylic acids is 2. The molecule has 0 spiro atoms. The lowest BCUT2D eigenvalue weighted by molar-refractivity contribution is -0.150. The number of aliphatic carboxylic acids is 1. The number of benzene rings is 1. The lowest BCUT2D eigenvalue weighted by atomic mass is 9.75. The van der Waals surface area contributed by atoms with Gasteiger partial charge in [0, 0.05) is 24.6 Å². The van der Waals surface area contributed by atoms with Gasteiger partial charge >= 0.3 is 5.97 Å². The van der Waals surface area contributed by atoms with Crippen LogP contribution in [0.25, 0.3) is 0 Å². The lowest BCUT2D eigenvalue weighted by Gasteiger charge is -2.34. The summed E-state index contributed by atoms with van der Waals surface area (Å²) in [7, 11) is 1.43. The quantitative estimate of drug-likeness (QED) is 0.429. The van der Waals surface area contributed by atoms with E-state index < -0.39 is 23.0 Å². The number of alkyl halides is 1. The number of carboxylic acids is 1. The number of nitrogens with one attached hydrogen (secondary N) is 2. The number of ether oxygens (including phenoxy) is 2. The number of fused-ring (bicyclic) bond motifs is 3. The Labute approximate surface area is 239 Å². The van der Waals surface area contributed by atoms with Crippen molar-refractivity contribution in [3.05, 3.63) is 23.3 Å². The van der Waals surface area contributed by atoms with Crippen LogP contribution in [0.15, 0.2) is 12.1 Å². The normalized spacial score (nSPS) is 38.4. The first-order valence-corrected chi connectivity index (χ1v) is 14.8. The second-order valence-electron chi connectivity index (χ2n) is 13.3. The van der Waals surface area contributed by atoms with E-state index in [1.165, 1.54) is 19.2 Å². The molecule has 41 heavy (non-hydrogen) atoms. The van der Waals surface area contributed by atoms with Gasteiger partial charge in [-0.3, -0.25) is 14.4 Å². The first-order chi connectivity index (χ1) is 19.5. The van der Waals surface area contributed by atoms with Crippen LogP contribution in [-0.2, 0) is 9.59 Å². The molecule has 0 saturated heterocycles. The fourth-order valence-corrected chi connectivity index (χ4v) is 8.28. The first kappa shape index (κ1) is 27.8. The van der Waals surface area contributed by atoms with E-state index in [9.17, 15) is 29.1 Å². The molecule has 6 fully saturated rings. The van der Waals surface area contributed by atoms with Crippen molar-refractivity contribution in [1.29, 1.82) is 5.26 Å². The third-order valence-corrected chi connectivity index (χ3v) is 10.8. The van der Waals surface area contributed by atoms with Gasteiger partial charge in [-0.05, 0) is 88.5 Å². The minimum Gasteiger partial charge on any atom is -0.496 e. The van der Waals surface area contributed by atoms with E-state index in [1.807, 2.05) is 0 Å². The van der Waals surface area contributed by atoms with Gasteiger partial charge < -0.3 is 25.2 Å². The molecule has 3 N–H and O–H groups in total. The Kier molecular flexibility index (Phi) is 6.90. The molecule has 0 aliphatic heterocycles. The summed E-state index contributed by atoms with van der Waals surface area (Å²) in [5, 5.41) is 25.5. The van der Waals surface area contributed by atoms with E-state index in [2.05, 4.69) is 16.7 Å². The number of hydrogen-bond donors (Lipinski definition) is 3. The number of carboxylic acid groups (broad SMARTS) is 1. The number of hydrogen-bond acceptors (Lipinski definition) is 6. The van der Waals surface area contributed by atoms with E-state index in [-0.39, 0.29) is 70.4 Å². The van der Waals surface area contributed by atoms with Crippen molar-refractivity contribution in [3.8, 4) is 17.6 Å². The molecular formula is C31H38FN3O6. The highest BCUT2D eigenvalue weighted by Crippen LogP contribution is 2.55. The maximum Gasteiger partial charge on any atom is 0.309 e. The molecule has 6 aliphatic carbocycles. The van der Waals surface area contributed by atoms with Crippen LogP contribution in [0.4, 0.5) is 4.39 Å². The van der Waals surface area contributed by atoms with E-state index in [4.69, 9.17) is 9.47 Å². The molecule has 6 saturated carbocycles. The van der Waals surface area contributed by atoms with Crippen molar-refractivity contribution in [2.24, 2.45) is 29.1 Å². The van der Waals surface area contributed by atoms with Crippen LogP contribution >= 0.6 is 0 Å². The van der Waals surface area contributed by atoms with Gasteiger partial charge in [-0.25, -0.2) is 4.39 Å². The molecule has 9 nitrogen and oxygen atoms in total. The van der Waals surface area contributed by atoms with Crippen molar-refractivity contribution in [1.82, 2.24) is 10.6 Å². The second kappa shape index (κ2) is 10.2. The smallest absolute Gasteiger partial charge is 0.309 e. The third kappa shape index (κ3) is 4.91. The Morgan fingerprint density at radius 1 is 1.02 bits per heavy atom. The zero-order valence-corrected chi connectivity index (χ0v) is 23.6. The average Bonchev–Trinajstić information content (AvgIpc) is 3.69. The molecule has 0 heterocycles. The molecular weight excluding hydrogens is 529 g/mol. The van der Waals surface area contributed by atoms with Crippen LogP contribution in [0, 0.1) is 40.4 Å². The molecule has 1 unspecified atom stereocenters. The van der Waals surface area contributed by atoms with Gasteiger partial charge in [0.15, 0.2) is 0 Å². The third-order valence-electron chi connectivity index (χ3n) is 10.8. The van der Waals surface area contributed by atoms with Crippen LogP contribution in [0.3, 0.4) is 0 Å². The largest absolute Gasteiger partial charge is 0.496 e. The Morgan fingerprint density at radius 3 is 2.34 bits per heavy atom. The summed E-state index contributed by atoms with van der Waals surface area (Å²) in [6, 6.07) is 4.65. The summed E-state index contributed by atoms with van der Waals surface area (Å²) >= 11 is 0. The molecule has 7 rings (SSSR count). The molecule has 1 aromatic rings. The predicted molar refractivity (Wildman–Crippen MR) is 145 cm³/mol. The number of nitrogens with zero attached hydrogens (tertiary/aromatic N) is 1. The number of nitriles is 1.